The second-order valence-electron chi connectivity index (χ2n) is 6.57. The molecule has 1 aliphatic carbocycles. The van der Waals surface area contributed by atoms with Crippen LogP contribution in [0.15, 0.2) is 4.42 Å². The lowest BCUT2D eigenvalue weighted by Gasteiger charge is -2.19. The Balaban J connectivity index is 1.72. The maximum Gasteiger partial charge on any atom is 0.289 e. The number of furan rings is 1. The molecule has 0 aromatic carbocycles. The van der Waals surface area contributed by atoms with Crippen LogP contribution in [-0.2, 0) is 12.8 Å². The van der Waals surface area contributed by atoms with Gasteiger partial charge in [0, 0.05) is 35.5 Å². The van der Waals surface area contributed by atoms with Gasteiger partial charge in [0.15, 0.2) is 5.76 Å². The van der Waals surface area contributed by atoms with Crippen molar-refractivity contribution in [1.29, 1.82) is 0 Å². The minimum Gasteiger partial charge on any atom is -0.455 e. The average molecular weight is 330 g/mol. The third kappa shape index (κ3) is 2.51. The van der Waals surface area contributed by atoms with Gasteiger partial charge in [0.1, 0.15) is 5.76 Å². The van der Waals surface area contributed by atoms with Crippen LogP contribution in [0.25, 0.3) is 11.3 Å². The molecule has 0 N–H and O–H groups in total. The first-order valence-corrected chi connectivity index (χ1v) is 9.35. The molecule has 4 nitrogen and oxygen atoms in total. The largest absolute Gasteiger partial charge is 0.455 e. The molecule has 0 bridgehead atoms. The number of rotatable bonds is 1. The van der Waals surface area contributed by atoms with Crippen molar-refractivity contribution >= 4 is 17.2 Å². The van der Waals surface area contributed by atoms with E-state index in [1.807, 2.05) is 18.7 Å². The highest BCUT2D eigenvalue weighted by Gasteiger charge is 2.31. The van der Waals surface area contributed by atoms with Crippen molar-refractivity contribution in [2.75, 3.05) is 13.1 Å². The van der Waals surface area contributed by atoms with E-state index >= 15 is 0 Å². The number of nitrogens with zero attached hydrogens (tertiary/aromatic N) is 2. The molecule has 2 aromatic rings. The molecule has 0 spiro atoms. The van der Waals surface area contributed by atoms with E-state index in [9.17, 15) is 4.79 Å². The van der Waals surface area contributed by atoms with Crippen LogP contribution in [-0.4, -0.2) is 28.9 Å². The first-order chi connectivity index (χ1) is 11.1. The van der Waals surface area contributed by atoms with Gasteiger partial charge in [-0.25, -0.2) is 4.98 Å². The van der Waals surface area contributed by atoms with Crippen LogP contribution in [0.3, 0.4) is 0 Å². The van der Waals surface area contributed by atoms with Crippen LogP contribution >= 0.6 is 11.3 Å². The Hall–Kier alpha value is -1.62. The minimum atomic E-state index is 0.0623. The summed E-state index contributed by atoms with van der Waals surface area (Å²) in [6.45, 7) is 5.76. The van der Waals surface area contributed by atoms with E-state index in [1.165, 1.54) is 17.7 Å². The van der Waals surface area contributed by atoms with Gasteiger partial charge in [-0.1, -0.05) is 12.8 Å². The summed E-state index contributed by atoms with van der Waals surface area (Å²) in [5.41, 5.74) is 3.10. The molecule has 1 aliphatic heterocycles. The molecule has 5 heteroatoms. The summed E-state index contributed by atoms with van der Waals surface area (Å²) in [6, 6.07) is 0. The van der Waals surface area contributed by atoms with Gasteiger partial charge in [0.25, 0.3) is 5.91 Å². The second-order valence-corrected chi connectivity index (χ2v) is 7.85. The molecular formula is C18H22N2O2S. The Bertz CT molecular complexity index is 751. The molecular weight excluding hydrogens is 308 g/mol. The van der Waals surface area contributed by atoms with Crippen LogP contribution in [0.4, 0.5) is 0 Å². The summed E-state index contributed by atoms with van der Waals surface area (Å²) in [7, 11) is 0. The number of amides is 1. The Labute approximate surface area is 140 Å². The van der Waals surface area contributed by atoms with E-state index in [0.717, 1.165) is 66.4 Å². The fraction of sp³-hybridized carbons (Fsp3) is 0.556. The third-order valence-corrected chi connectivity index (χ3v) is 5.96. The van der Waals surface area contributed by atoms with Gasteiger partial charge in [-0.2, -0.15) is 0 Å². The normalized spacial score (nSPS) is 17.6. The Morgan fingerprint density at radius 2 is 1.87 bits per heavy atom. The van der Waals surface area contributed by atoms with Crippen molar-refractivity contribution in [3.8, 4) is 11.3 Å². The molecule has 3 heterocycles. The van der Waals surface area contributed by atoms with E-state index in [4.69, 9.17) is 4.42 Å². The average Bonchev–Trinajstić information content (AvgIpc) is 2.93. The molecule has 1 fully saturated rings. The van der Waals surface area contributed by atoms with E-state index in [-0.39, 0.29) is 5.91 Å². The van der Waals surface area contributed by atoms with E-state index in [0.29, 0.717) is 5.76 Å². The fourth-order valence-corrected chi connectivity index (χ4v) is 4.68. The molecule has 0 radical (unpaired) electrons. The lowest BCUT2D eigenvalue weighted by molar-refractivity contribution is 0.0726. The van der Waals surface area contributed by atoms with Crippen molar-refractivity contribution in [2.24, 2.45) is 0 Å². The zero-order valence-corrected chi connectivity index (χ0v) is 14.6. The van der Waals surface area contributed by atoms with E-state index in [2.05, 4.69) is 4.98 Å². The maximum absolute atomic E-state index is 12.9. The molecule has 0 saturated carbocycles. The second kappa shape index (κ2) is 5.78. The van der Waals surface area contributed by atoms with Gasteiger partial charge >= 0.3 is 0 Å². The van der Waals surface area contributed by atoms with Crippen molar-refractivity contribution < 1.29 is 9.21 Å². The smallest absolute Gasteiger partial charge is 0.289 e. The van der Waals surface area contributed by atoms with Gasteiger partial charge in [-0.05, 0) is 33.1 Å². The van der Waals surface area contributed by atoms with Crippen LogP contribution in [0, 0.1) is 13.8 Å². The highest BCUT2D eigenvalue weighted by atomic mass is 32.1. The number of aromatic nitrogens is 1. The standard InChI is InChI=1S/C18H22N2O2S/c1-11-15-13(7-8-14-16(15)19-12(2)23-14)22-17(11)18(21)20-9-5-3-4-6-10-20/h3-10H2,1-2H3. The molecule has 2 aromatic heterocycles. The summed E-state index contributed by atoms with van der Waals surface area (Å²) in [4.78, 5) is 20.9. The fourth-order valence-electron chi connectivity index (χ4n) is 3.74. The van der Waals surface area contributed by atoms with Gasteiger partial charge in [-0.3, -0.25) is 4.79 Å². The van der Waals surface area contributed by atoms with Crippen LogP contribution < -0.4 is 0 Å². The molecule has 23 heavy (non-hydrogen) atoms. The van der Waals surface area contributed by atoms with Crippen LogP contribution in [0.2, 0.25) is 0 Å². The predicted octanol–water partition coefficient (Wildman–Crippen LogP) is 4.13. The predicted molar refractivity (Wildman–Crippen MR) is 91.1 cm³/mol. The molecule has 2 aliphatic rings. The molecule has 4 rings (SSSR count). The number of thiazole rings is 1. The number of fused-ring (bicyclic) bond motifs is 3. The number of likely N-dealkylation sites (tertiary alicyclic amines) is 1. The first-order valence-electron chi connectivity index (χ1n) is 8.53. The Morgan fingerprint density at radius 3 is 2.61 bits per heavy atom. The SMILES string of the molecule is Cc1nc2c(s1)CCc1oc(C(=O)N3CCCCCC3)c(C)c1-2. The zero-order valence-electron chi connectivity index (χ0n) is 13.8. The minimum absolute atomic E-state index is 0.0623. The van der Waals surface area contributed by atoms with E-state index < -0.39 is 0 Å². The summed E-state index contributed by atoms with van der Waals surface area (Å²) in [5, 5.41) is 1.09. The zero-order chi connectivity index (χ0) is 16.0. The third-order valence-electron chi connectivity index (χ3n) is 4.93. The summed E-state index contributed by atoms with van der Waals surface area (Å²) in [5.74, 6) is 1.54. The molecule has 1 amide bonds. The maximum atomic E-state index is 12.9. The monoisotopic (exact) mass is 330 g/mol. The first kappa shape index (κ1) is 14.9. The highest BCUT2D eigenvalue weighted by Crippen LogP contribution is 2.41. The molecule has 0 unspecified atom stereocenters. The highest BCUT2D eigenvalue weighted by molar-refractivity contribution is 7.12. The van der Waals surface area contributed by atoms with Crippen molar-refractivity contribution in [3.05, 3.63) is 27.0 Å². The Morgan fingerprint density at radius 1 is 1.13 bits per heavy atom. The van der Waals surface area contributed by atoms with Crippen molar-refractivity contribution in [2.45, 2.75) is 52.4 Å². The van der Waals surface area contributed by atoms with Crippen molar-refractivity contribution in [1.82, 2.24) is 9.88 Å². The molecule has 1 saturated heterocycles. The molecule has 122 valence electrons. The lowest BCUT2D eigenvalue weighted by atomic mass is 9.97. The quantitative estimate of drug-likeness (QED) is 0.789. The van der Waals surface area contributed by atoms with E-state index in [1.54, 1.807) is 11.3 Å². The number of hydrogen-bond donors (Lipinski definition) is 0. The summed E-state index contributed by atoms with van der Waals surface area (Å²) in [6.07, 6.45) is 6.48. The number of carbonyl (C=O) groups excluding carboxylic acids is 1. The Kier molecular flexibility index (Phi) is 3.76. The summed E-state index contributed by atoms with van der Waals surface area (Å²) < 4.78 is 6.03. The summed E-state index contributed by atoms with van der Waals surface area (Å²) >= 11 is 1.76. The number of carbonyl (C=O) groups is 1. The van der Waals surface area contributed by atoms with Gasteiger partial charge in [-0.15, -0.1) is 11.3 Å². The number of aryl methyl sites for hydroxylation is 3. The lowest BCUT2D eigenvalue weighted by Crippen LogP contribution is -2.31. The topological polar surface area (TPSA) is 46.3 Å². The van der Waals surface area contributed by atoms with Crippen molar-refractivity contribution in [3.63, 3.8) is 0 Å². The van der Waals surface area contributed by atoms with Gasteiger partial charge in [0.05, 0.1) is 10.7 Å². The number of hydrogen-bond acceptors (Lipinski definition) is 4. The van der Waals surface area contributed by atoms with Gasteiger partial charge < -0.3 is 9.32 Å². The van der Waals surface area contributed by atoms with Gasteiger partial charge in [0.2, 0.25) is 0 Å². The van der Waals surface area contributed by atoms with Crippen LogP contribution in [0.5, 0.6) is 0 Å². The molecule has 0 atom stereocenters. The van der Waals surface area contributed by atoms with Crippen LogP contribution in [0.1, 0.15) is 57.4 Å².